The molecule has 0 saturated carbocycles. The van der Waals surface area contributed by atoms with E-state index in [9.17, 15) is 4.79 Å². The molecular formula is C10H24O4. The molecule has 0 heterocycles. The van der Waals surface area contributed by atoms with Crippen molar-refractivity contribution in [3.63, 3.8) is 0 Å². The molecule has 0 bridgehead atoms. The summed E-state index contributed by atoms with van der Waals surface area (Å²) in [4.78, 5) is 9.82. The van der Waals surface area contributed by atoms with Crippen molar-refractivity contribution in [2.75, 3.05) is 13.2 Å². The number of hydrogen-bond acceptors (Lipinski definition) is 4. The van der Waals surface area contributed by atoms with Crippen molar-refractivity contribution in [1.29, 1.82) is 0 Å². The Kier molecular flexibility index (Phi) is 24.8. The Morgan fingerprint density at radius 1 is 1.36 bits per heavy atom. The van der Waals surface area contributed by atoms with E-state index >= 15 is 0 Å². The number of esters is 1. The second-order valence-corrected chi connectivity index (χ2v) is 2.50. The van der Waals surface area contributed by atoms with Crippen LogP contribution in [0, 0.1) is 0 Å². The van der Waals surface area contributed by atoms with Gasteiger partial charge < -0.3 is 14.9 Å². The fourth-order valence-electron chi connectivity index (χ4n) is 0.203. The minimum absolute atomic E-state index is 0.116. The van der Waals surface area contributed by atoms with Crippen LogP contribution in [-0.2, 0) is 9.53 Å². The predicted octanol–water partition coefficient (Wildman–Crippen LogP) is 1.35. The highest BCUT2D eigenvalue weighted by Crippen LogP contribution is 1.81. The molecule has 0 spiro atoms. The monoisotopic (exact) mass is 208 g/mol. The normalized spacial score (nSPS) is 9.93. The summed E-state index contributed by atoms with van der Waals surface area (Å²) in [5, 5.41) is 15.9. The largest absolute Gasteiger partial charge is 0.466 e. The lowest BCUT2D eigenvalue weighted by Crippen LogP contribution is -1.95. The van der Waals surface area contributed by atoms with Crippen LogP contribution < -0.4 is 0 Å². The third kappa shape index (κ3) is 63.8. The molecule has 0 rings (SSSR count). The predicted molar refractivity (Wildman–Crippen MR) is 57.0 cm³/mol. The molecule has 0 aromatic rings. The van der Waals surface area contributed by atoms with Crippen LogP contribution in [0.25, 0.3) is 0 Å². The number of rotatable bonds is 2. The van der Waals surface area contributed by atoms with Gasteiger partial charge in [-0.2, -0.15) is 0 Å². The molecule has 0 aromatic heterocycles. The Bertz CT molecular complexity index is 102. The average molecular weight is 208 g/mol. The second kappa shape index (κ2) is 18.2. The summed E-state index contributed by atoms with van der Waals surface area (Å²) >= 11 is 0. The Balaban J connectivity index is -0.000000138. The van der Waals surface area contributed by atoms with Crippen LogP contribution in [0.15, 0.2) is 0 Å². The number of carbonyl (C=O) groups excluding carboxylic acids is 1. The van der Waals surface area contributed by atoms with Crippen molar-refractivity contribution in [2.24, 2.45) is 0 Å². The van der Waals surface area contributed by atoms with Crippen LogP contribution in [0.2, 0.25) is 0 Å². The molecule has 0 aliphatic rings. The molecule has 88 valence electrons. The van der Waals surface area contributed by atoms with Gasteiger partial charge in [0.1, 0.15) is 0 Å². The standard InChI is InChI=1S/C4H8O2.C4H10O.C2H6O/c1-3-6-4(2)5;1-3-4(2)5;1-2-3/h3H2,1-2H3;4-5H,3H2,1-2H3;3H,2H2,1H3. The molecule has 0 aliphatic carbocycles. The minimum Gasteiger partial charge on any atom is -0.466 e. The van der Waals surface area contributed by atoms with Crippen LogP contribution >= 0.6 is 0 Å². The van der Waals surface area contributed by atoms with Crippen molar-refractivity contribution >= 4 is 5.97 Å². The van der Waals surface area contributed by atoms with Gasteiger partial charge in [-0.1, -0.05) is 6.92 Å². The maximum Gasteiger partial charge on any atom is 0.302 e. The zero-order chi connectivity index (χ0) is 12.0. The van der Waals surface area contributed by atoms with Gasteiger partial charge in [0.25, 0.3) is 0 Å². The van der Waals surface area contributed by atoms with Gasteiger partial charge in [0.2, 0.25) is 0 Å². The van der Waals surface area contributed by atoms with E-state index in [0.717, 1.165) is 6.42 Å². The SMILES string of the molecule is CCC(C)O.CCO.CCOC(C)=O. The van der Waals surface area contributed by atoms with Gasteiger partial charge >= 0.3 is 5.97 Å². The molecule has 0 radical (unpaired) electrons. The first-order chi connectivity index (χ1) is 6.45. The second-order valence-electron chi connectivity index (χ2n) is 2.50. The van der Waals surface area contributed by atoms with Crippen LogP contribution in [-0.4, -0.2) is 35.5 Å². The van der Waals surface area contributed by atoms with Gasteiger partial charge in [-0.15, -0.1) is 0 Å². The molecule has 0 amide bonds. The number of aliphatic hydroxyl groups is 2. The Hall–Kier alpha value is -0.610. The first-order valence-electron chi connectivity index (χ1n) is 4.88. The summed E-state index contributed by atoms with van der Waals surface area (Å²) in [5.74, 6) is -0.211. The van der Waals surface area contributed by atoms with Crippen molar-refractivity contribution in [2.45, 2.75) is 47.1 Å². The molecule has 0 aromatic carbocycles. The highest BCUT2D eigenvalue weighted by Gasteiger charge is 1.82. The van der Waals surface area contributed by atoms with Gasteiger partial charge in [0.05, 0.1) is 12.7 Å². The first kappa shape index (κ1) is 19.0. The molecule has 2 N–H and O–H groups in total. The summed E-state index contributed by atoms with van der Waals surface area (Å²) in [6.45, 7) is 9.31. The number of aliphatic hydroxyl groups excluding tert-OH is 2. The molecular weight excluding hydrogens is 184 g/mol. The van der Waals surface area contributed by atoms with E-state index in [-0.39, 0.29) is 18.7 Å². The molecule has 0 saturated heterocycles. The topological polar surface area (TPSA) is 66.8 Å². The summed E-state index contributed by atoms with van der Waals surface area (Å²) in [6.07, 6.45) is 0.745. The zero-order valence-electron chi connectivity index (χ0n) is 9.91. The van der Waals surface area contributed by atoms with Gasteiger partial charge in [-0.05, 0) is 27.2 Å². The summed E-state index contributed by atoms with van der Waals surface area (Å²) < 4.78 is 4.40. The quantitative estimate of drug-likeness (QED) is 0.672. The summed E-state index contributed by atoms with van der Waals surface area (Å²) in [5.41, 5.74) is 0. The third-order valence-corrected chi connectivity index (χ3v) is 0.938. The number of hydrogen-bond donors (Lipinski definition) is 2. The maximum atomic E-state index is 9.82. The van der Waals surface area contributed by atoms with E-state index in [2.05, 4.69) is 4.74 Å². The number of carbonyl (C=O) groups is 1. The fraction of sp³-hybridized carbons (Fsp3) is 0.900. The van der Waals surface area contributed by atoms with Gasteiger partial charge in [-0.25, -0.2) is 0 Å². The summed E-state index contributed by atoms with van der Waals surface area (Å²) in [7, 11) is 0. The Morgan fingerprint density at radius 2 is 1.64 bits per heavy atom. The van der Waals surface area contributed by atoms with Crippen LogP contribution in [0.1, 0.15) is 41.0 Å². The highest BCUT2D eigenvalue weighted by molar-refractivity contribution is 5.65. The van der Waals surface area contributed by atoms with E-state index in [1.165, 1.54) is 6.92 Å². The zero-order valence-corrected chi connectivity index (χ0v) is 9.91. The molecule has 0 aliphatic heterocycles. The van der Waals surface area contributed by atoms with Gasteiger partial charge in [0, 0.05) is 13.5 Å². The van der Waals surface area contributed by atoms with Crippen molar-refractivity contribution in [3.05, 3.63) is 0 Å². The highest BCUT2D eigenvalue weighted by atomic mass is 16.5. The van der Waals surface area contributed by atoms with Crippen LogP contribution in [0.4, 0.5) is 0 Å². The first-order valence-corrected chi connectivity index (χ1v) is 4.88. The van der Waals surface area contributed by atoms with E-state index < -0.39 is 0 Å². The lowest BCUT2D eigenvalue weighted by molar-refractivity contribution is -0.140. The Morgan fingerprint density at radius 3 is 1.64 bits per heavy atom. The Labute approximate surface area is 86.9 Å². The molecule has 4 nitrogen and oxygen atoms in total. The number of ether oxygens (including phenoxy) is 1. The van der Waals surface area contributed by atoms with Crippen LogP contribution in [0.3, 0.4) is 0 Å². The lowest BCUT2D eigenvalue weighted by atomic mass is 10.3. The van der Waals surface area contributed by atoms with Gasteiger partial charge in [-0.3, -0.25) is 4.79 Å². The van der Waals surface area contributed by atoms with Crippen LogP contribution in [0.5, 0.6) is 0 Å². The van der Waals surface area contributed by atoms with Crippen molar-refractivity contribution in [3.8, 4) is 0 Å². The molecule has 14 heavy (non-hydrogen) atoms. The van der Waals surface area contributed by atoms with Crippen molar-refractivity contribution < 1.29 is 19.7 Å². The van der Waals surface area contributed by atoms with E-state index in [1.54, 1.807) is 20.8 Å². The third-order valence-electron chi connectivity index (χ3n) is 0.938. The minimum atomic E-state index is -0.211. The lowest BCUT2D eigenvalue weighted by Gasteiger charge is -1.90. The maximum absolute atomic E-state index is 9.82. The fourth-order valence-corrected chi connectivity index (χ4v) is 0.203. The summed E-state index contributed by atoms with van der Waals surface area (Å²) in [6, 6.07) is 0. The van der Waals surface area contributed by atoms with E-state index in [1.807, 2.05) is 6.92 Å². The average Bonchev–Trinajstić information content (AvgIpc) is 2.06. The molecule has 1 unspecified atom stereocenters. The smallest absolute Gasteiger partial charge is 0.302 e. The van der Waals surface area contributed by atoms with Crippen molar-refractivity contribution in [1.82, 2.24) is 0 Å². The molecule has 0 fully saturated rings. The van der Waals surface area contributed by atoms with Gasteiger partial charge in [0.15, 0.2) is 0 Å². The molecule has 1 atom stereocenters. The molecule has 4 heteroatoms. The van der Waals surface area contributed by atoms with E-state index in [0.29, 0.717) is 6.61 Å². The van der Waals surface area contributed by atoms with E-state index in [4.69, 9.17) is 10.2 Å².